The van der Waals surface area contributed by atoms with Gasteiger partial charge in [0.15, 0.2) is 0 Å². The molecular weight excluding hydrogens is 280 g/mol. The van der Waals surface area contributed by atoms with Crippen LogP contribution in [0.25, 0.3) is 10.9 Å². The van der Waals surface area contributed by atoms with Crippen LogP contribution >= 0.6 is 11.3 Å². The average Bonchev–Trinajstić information content (AvgIpc) is 3.02. The number of benzene rings is 1. The molecule has 4 heteroatoms. The minimum Gasteiger partial charge on any atom is -0.394 e. The Kier molecular flexibility index (Phi) is 4.29. The van der Waals surface area contributed by atoms with E-state index in [0.717, 1.165) is 28.7 Å². The van der Waals surface area contributed by atoms with Gasteiger partial charge in [-0.3, -0.25) is 4.98 Å². The van der Waals surface area contributed by atoms with Crippen LogP contribution in [0, 0.1) is 6.92 Å². The predicted octanol–water partition coefficient (Wildman–Crippen LogP) is 3.43. The minimum absolute atomic E-state index is 0.0110. The smallest absolute Gasteiger partial charge is 0.0705 e. The van der Waals surface area contributed by atoms with Crippen molar-refractivity contribution in [1.29, 1.82) is 0 Å². The molecule has 0 spiro atoms. The molecule has 2 heterocycles. The van der Waals surface area contributed by atoms with E-state index in [4.69, 9.17) is 0 Å². The Bertz CT molecular complexity index is 725. The number of aliphatic hydroxyl groups is 1. The van der Waals surface area contributed by atoms with Crippen LogP contribution in [0.5, 0.6) is 0 Å². The highest BCUT2D eigenvalue weighted by atomic mass is 32.1. The Morgan fingerprint density at radius 2 is 2.14 bits per heavy atom. The van der Waals surface area contributed by atoms with Crippen LogP contribution < -0.4 is 5.32 Å². The lowest BCUT2D eigenvalue weighted by Crippen LogP contribution is -2.23. The van der Waals surface area contributed by atoms with Crippen molar-refractivity contribution < 1.29 is 5.11 Å². The lowest BCUT2D eigenvalue weighted by Gasteiger charge is -2.15. The third-order valence-corrected chi connectivity index (χ3v) is 4.28. The summed E-state index contributed by atoms with van der Waals surface area (Å²) in [5.41, 5.74) is 4.39. The third-order valence-electron chi connectivity index (χ3n) is 3.57. The molecule has 3 aromatic rings. The second-order valence-electron chi connectivity index (χ2n) is 5.15. The van der Waals surface area contributed by atoms with Crippen molar-refractivity contribution >= 4 is 22.2 Å². The maximum atomic E-state index is 9.51. The Labute approximate surface area is 128 Å². The summed E-state index contributed by atoms with van der Waals surface area (Å²) in [6.07, 6.45) is 0. The Hall–Kier alpha value is -1.75. The van der Waals surface area contributed by atoms with Gasteiger partial charge in [-0.25, -0.2) is 0 Å². The summed E-state index contributed by atoms with van der Waals surface area (Å²) in [6, 6.07) is 12.5. The molecule has 2 aromatic heterocycles. The standard InChI is InChI=1S/C17H18N2OS/c1-12-2-4-14-8-13(3-5-16(14)19-12)9-18-17(10-20)15-6-7-21-11-15/h2-8,11,17-18,20H,9-10H2,1H3/t17-/m0/s1. The largest absolute Gasteiger partial charge is 0.394 e. The number of hydrogen-bond donors (Lipinski definition) is 2. The summed E-state index contributed by atoms with van der Waals surface area (Å²) in [6.45, 7) is 2.83. The van der Waals surface area contributed by atoms with Crippen LogP contribution in [0.3, 0.4) is 0 Å². The molecule has 21 heavy (non-hydrogen) atoms. The van der Waals surface area contributed by atoms with Crippen LogP contribution in [0.2, 0.25) is 0 Å². The van der Waals surface area contributed by atoms with E-state index in [0.29, 0.717) is 0 Å². The van der Waals surface area contributed by atoms with Crippen LogP contribution in [-0.2, 0) is 6.54 Å². The molecular formula is C17H18N2OS. The molecule has 0 amide bonds. The zero-order chi connectivity index (χ0) is 14.7. The molecule has 0 unspecified atom stereocenters. The molecule has 0 bridgehead atoms. The molecule has 108 valence electrons. The first kappa shape index (κ1) is 14.2. The molecule has 0 radical (unpaired) electrons. The van der Waals surface area contributed by atoms with Gasteiger partial charge in [0.2, 0.25) is 0 Å². The fourth-order valence-electron chi connectivity index (χ4n) is 2.39. The van der Waals surface area contributed by atoms with Crippen LogP contribution in [0.1, 0.15) is 22.9 Å². The van der Waals surface area contributed by atoms with E-state index in [1.807, 2.05) is 24.4 Å². The van der Waals surface area contributed by atoms with Gasteiger partial charge in [0.05, 0.1) is 18.2 Å². The Morgan fingerprint density at radius 1 is 1.24 bits per heavy atom. The molecule has 0 aliphatic heterocycles. The highest BCUT2D eigenvalue weighted by molar-refractivity contribution is 7.07. The SMILES string of the molecule is Cc1ccc2cc(CN[C@@H](CO)c3ccsc3)ccc2n1. The van der Waals surface area contributed by atoms with E-state index >= 15 is 0 Å². The maximum absolute atomic E-state index is 9.51. The van der Waals surface area contributed by atoms with Crippen molar-refractivity contribution in [2.75, 3.05) is 6.61 Å². The van der Waals surface area contributed by atoms with Crippen molar-refractivity contribution in [3.05, 3.63) is 64.0 Å². The summed E-state index contributed by atoms with van der Waals surface area (Å²) in [5.74, 6) is 0. The average molecular weight is 298 g/mol. The Balaban J connectivity index is 1.74. The predicted molar refractivity (Wildman–Crippen MR) is 87.5 cm³/mol. The molecule has 0 saturated carbocycles. The fourth-order valence-corrected chi connectivity index (χ4v) is 3.10. The maximum Gasteiger partial charge on any atom is 0.0705 e. The molecule has 1 atom stereocenters. The van der Waals surface area contributed by atoms with Gasteiger partial charge in [-0.15, -0.1) is 0 Å². The van der Waals surface area contributed by atoms with Gasteiger partial charge in [0, 0.05) is 17.6 Å². The number of aromatic nitrogens is 1. The van der Waals surface area contributed by atoms with Gasteiger partial charge in [-0.2, -0.15) is 11.3 Å². The molecule has 3 nitrogen and oxygen atoms in total. The minimum atomic E-state index is -0.0110. The number of nitrogens with one attached hydrogen (secondary N) is 1. The molecule has 0 aliphatic rings. The summed E-state index contributed by atoms with van der Waals surface area (Å²) < 4.78 is 0. The summed E-state index contributed by atoms with van der Waals surface area (Å²) >= 11 is 1.65. The number of pyridine rings is 1. The van der Waals surface area contributed by atoms with Gasteiger partial charge in [0.25, 0.3) is 0 Å². The summed E-state index contributed by atoms with van der Waals surface area (Å²) in [4.78, 5) is 4.51. The number of rotatable bonds is 5. The quantitative estimate of drug-likeness (QED) is 0.758. The zero-order valence-electron chi connectivity index (χ0n) is 11.9. The van der Waals surface area contributed by atoms with Crippen LogP contribution in [-0.4, -0.2) is 16.7 Å². The number of hydrogen-bond acceptors (Lipinski definition) is 4. The fraction of sp³-hybridized carbons (Fsp3) is 0.235. The van der Waals surface area contributed by atoms with E-state index in [1.165, 1.54) is 5.56 Å². The first-order valence-corrected chi connectivity index (χ1v) is 7.93. The van der Waals surface area contributed by atoms with E-state index in [1.54, 1.807) is 11.3 Å². The van der Waals surface area contributed by atoms with Crippen LogP contribution in [0.4, 0.5) is 0 Å². The van der Waals surface area contributed by atoms with Crippen molar-refractivity contribution in [2.45, 2.75) is 19.5 Å². The van der Waals surface area contributed by atoms with Gasteiger partial charge in [-0.05, 0) is 53.1 Å². The van der Waals surface area contributed by atoms with Crippen molar-refractivity contribution in [3.8, 4) is 0 Å². The molecule has 3 rings (SSSR count). The zero-order valence-corrected chi connectivity index (χ0v) is 12.7. The van der Waals surface area contributed by atoms with Gasteiger partial charge >= 0.3 is 0 Å². The number of fused-ring (bicyclic) bond motifs is 1. The third kappa shape index (κ3) is 3.29. The van der Waals surface area contributed by atoms with E-state index in [2.05, 4.69) is 39.9 Å². The molecule has 0 saturated heterocycles. The topological polar surface area (TPSA) is 45.1 Å². The number of aryl methyl sites for hydroxylation is 1. The lowest BCUT2D eigenvalue weighted by molar-refractivity contribution is 0.244. The van der Waals surface area contributed by atoms with Gasteiger partial charge in [-0.1, -0.05) is 12.1 Å². The van der Waals surface area contributed by atoms with E-state index < -0.39 is 0 Å². The normalized spacial score (nSPS) is 12.7. The second-order valence-corrected chi connectivity index (χ2v) is 5.93. The Morgan fingerprint density at radius 3 is 2.90 bits per heavy atom. The highest BCUT2D eigenvalue weighted by Crippen LogP contribution is 2.18. The summed E-state index contributed by atoms with van der Waals surface area (Å²) in [5, 5.41) is 18.2. The monoisotopic (exact) mass is 298 g/mol. The van der Waals surface area contributed by atoms with Crippen LogP contribution in [0.15, 0.2) is 47.2 Å². The number of aliphatic hydroxyl groups excluding tert-OH is 1. The second kappa shape index (κ2) is 6.35. The van der Waals surface area contributed by atoms with E-state index in [-0.39, 0.29) is 12.6 Å². The first-order valence-electron chi connectivity index (χ1n) is 6.99. The highest BCUT2D eigenvalue weighted by Gasteiger charge is 2.10. The first-order chi connectivity index (χ1) is 10.3. The van der Waals surface area contributed by atoms with E-state index in [9.17, 15) is 5.11 Å². The van der Waals surface area contributed by atoms with Crippen molar-refractivity contribution in [3.63, 3.8) is 0 Å². The van der Waals surface area contributed by atoms with Gasteiger partial charge in [0.1, 0.15) is 0 Å². The molecule has 1 aromatic carbocycles. The molecule has 0 aliphatic carbocycles. The van der Waals surface area contributed by atoms with Crippen molar-refractivity contribution in [1.82, 2.24) is 10.3 Å². The number of thiophene rings is 1. The lowest BCUT2D eigenvalue weighted by atomic mass is 10.1. The van der Waals surface area contributed by atoms with Crippen molar-refractivity contribution in [2.24, 2.45) is 0 Å². The van der Waals surface area contributed by atoms with Gasteiger partial charge < -0.3 is 10.4 Å². The number of nitrogens with zero attached hydrogens (tertiary/aromatic N) is 1. The summed E-state index contributed by atoms with van der Waals surface area (Å²) in [7, 11) is 0. The molecule has 0 fully saturated rings. The molecule has 2 N–H and O–H groups in total.